The van der Waals surface area contributed by atoms with Crippen LogP contribution in [0.5, 0.6) is 0 Å². The number of amides is 2. The molecule has 1 aromatic rings. The largest absolute Gasteiger partial charge is 0.385 e. The second kappa shape index (κ2) is 9.66. The van der Waals surface area contributed by atoms with Crippen molar-refractivity contribution in [1.82, 2.24) is 20.1 Å². The summed E-state index contributed by atoms with van der Waals surface area (Å²) < 4.78 is 4.95. The quantitative estimate of drug-likeness (QED) is 0.514. The molecule has 2 amide bonds. The van der Waals surface area contributed by atoms with Gasteiger partial charge in [0.2, 0.25) is 5.91 Å². The molecule has 1 fully saturated rings. The zero-order valence-corrected chi connectivity index (χ0v) is 16.7. The molecule has 2 heterocycles. The van der Waals surface area contributed by atoms with Gasteiger partial charge in [0.05, 0.1) is 6.54 Å². The highest BCUT2D eigenvalue weighted by Gasteiger charge is 2.27. The van der Waals surface area contributed by atoms with Crippen molar-refractivity contribution in [3.8, 4) is 0 Å². The van der Waals surface area contributed by atoms with Crippen LogP contribution >= 0.6 is 0 Å². The first kappa shape index (κ1) is 21.1. The van der Waals surface area contributed by atoms with Crippen molar-refractivity contribution in [3.63, 3.8) is 0 Å². The fourth-order valence-electron chi connectivity index (χ4n) is 3.46. The zero-order chi connectivity index (χ0) is 20.0. The average Bonchev–Trinajstić information content (AvgIpc) is 2.93. The highest BCUT2D eigenvalue weighted by Crippen LogP contribution is 2.20. The number of hydrogen-bond donors (Lipinski definition) is 2. The number of carbonyl (C=O) groups is 3. The van der Waals surface area contributed by atoms with E-state index in [1.807, 2.05) is 11.8 Å². The van der Waals surface area contributed by atoms with Gasteiger partial charge in [-0.05, 0) is 32.8 Å². The van der Waals surface area contributed by atoms with E-state index in [1.54, 1.807) is 18.9 Å². The smallest absolute Gasteiger partial charge is 0.270 e. The molecule has 0 atom stereocenters. The summed E-state index contributed by atoms with van der Waals surface area (Å²) in [4.78, 5) is 43.4. The van der Waals surface area contributed by atoms with Crippen molar-refractivity contribution in [1.29, 1.82) is 0 Å². The van der Waals surface area contributed by atoms with Gasteiger partial charge in [-0.25, -0.2) is 0 Å². The van der Waals surface area contributed by atoms with Crippen molar-refractivity contribution in [3.05, 3.63) is 22.5 Å². The molecule has 0 radical (unpaired) electrons. The molecule has 0 aliphatic carbocycles. The van der Waals surface area contributed by atoms with Crippen molar-refractivity contribution < 1.29 is 19.1 Å². The third kappa shape index (κ3) is 5.40. The lowest BCUT2D eigenvalue weighted by Crippen LogP contribution is -2.51. The number of nitrogens with zero attached hydrogens (tertiary/aromatic N) is 2. The molecule has 27 heavy (non-hydrogen) atoms. The Bertz CT molecular complexity index is 690. The van der Waals surface area contributed by atoms with E-state index < -0.39 is 0 Å². The number of ketones is 1. The number of piperazine rings is 1. The van der Waals surface area contributed by atoms with E-state index in [2.05, 4.69) is 10.3 Å². The summed E-state index contributed by atoms with van der Waals surface area (Å²) in [6.07, 6.45) is 0.793. The molecule has 1 saturated heterocycles. The Labute approximate surface area is 160 Å². The van der Waals surface area contributed by atoms with Crippen LogP contribution in [-0.2, 0) is 9.53 Å². The Morgan fingerprint density at radius 1 is 1.15 bits per heavy atom. The number of nitrogens with one attached hydrogen (secondary N) is 2. The Morgan fingerprint density at radius 3 is 2.37 bits per heavy atom. The first-order chi connectivity index (χ1) is 12.8. The molecule has 1 aromatic heterocycles. The van der Waals surface area contributed by atoms with Crippen LogP contribution in [0.25, 0.3) is 0 Å². The number of aromatic amines is 1. The van der Waals surface area contributed by atoms with Gasteiger partial charge < -0.3 is 19.9 Å². The predicted molar refractivity (Wildman–Crippen MR) is 102 cm³/mol. The van der Waals surface area contributed by atoms with Crippen LogP contribution in [-0.4, -0.2) is 85.4 Å². The number of H-pyrrole nitrogens is 1. The van der Waals surface area contributed by atoms with Gasteiger partial charge in [-0.1, -0.05) is 0 Å². The van der Waals surface area contributed by atoms with Gasteiger partial charge >= 0.3 is 0 Å². The summed E-state index contributed by atoms with van der Waals surface area (Å²) in [5, 5.41) is 2.87. The molecule has 2 N–H and O–H groups in total. The summed E-state index contributed by atoms with van der Waals surface area (Å²) >= 11 is 0. The lowest BCUT2D eigenvalue weighted by molar-refractivity contribution is -0.122. The summed E-state index contributed by atoms with van der Waals surface area (Å²) in [5.41, 5.74) is 2.53. The van der Waals surface area contributed by atoms with Crippen molar-refractivity contribution >= 4 is 17.6 Å². The minimum atomic E-state index is -0.0910. The maximum absolute atomic E-state index is 12.8. The maximum Gasteiger partial charge on any atom is 0.270 e. The number of methoxy groups -OCH3 is 1. The van der Waals surface area contributed by atoms with E-state index in [4.69, 9.17) is 4.74 Å². The van der Waals surface area contributed by atoms with Crippen LogP contribution in [0.15, 0.2) is 0 Å². The van der Waals surface area contributed by atoms with E-state index in [9.17, 15) is 14.4 Å². The van der Waals surface area contributed by atoms with Crippen LogP contribution in [0.3, 0.4) is 0 Å². The molecule has 0 aromatic carbocycles. The van der Waals surface area contributed by atoms with E-state index >= 15 is 0 Å². The van der Waals surface area contributed by atoms with Crippen LogP contribution < -0.4 is 5.32 Å². The number of aryl methyl sites for hydroxylation is 1. The topological polar surface area (TPSA) is 94.7 Å². The number of carbonyl (C=O) groups excluding carboxylic acids is 3. The molecule has 1 aliphatic rings. The minimum Gasteiger partial charge on any atom is -0.385 e. The number of aromatic nitrogens is 1. The molecular weight excluding hydrogens is 348 g/mol. The summed E-state index contributed by atoms with van der Waals surface area (Å²) in [7, 11) is 1.64. The second-order valence-corrected chi connectivity index (χ2v) is 6.95. The molecule has 8 nitrogen and oxygen atoms in total. The fourth-order valence-corrected chi connectivity index (χ4v) is 3.46. The highest BCUT2D eigenvalue weighted by atomic mass is 16.5. The normalized spacial score (nSPS) is 15.0. The molecule has 8 heteroatoms. The van der Waals surface area contributed by atoms with Crippen molar-refractivity contribution in [2.24, 2.45) is 0 Å². The van der Waals surface area contributed by atoms with Gasteiger partial charge in [0, 0.05) is 57.7 Å². The van der Waals surface area contributed by atoms with Crippen molar-refractivity contribution in [2.45, 2.75) is 27.2 Å². The number of hydrogen-bond acceptors (Lipinski definition) is 5. The Kier molecular flexibility index (Phi) is 7.55. The number of Topliss-reactive ketones (excluding diaryl/α,β-unsaturated/α-hetero) is 1. The van der Waals surface area contributed by atoms with Crippen LogP contribution in [0, 0.1) is 13.8 Å². The first-order valence-corrected chi connectivity index (χ1v) is 9.32. The highest BCUT2D eigenvalue weighted by molar-refractivity contribution is 6.02. The predicted octanol–water partition coefficient (Wildman–Crippen LogP) is 0.745. The molecule has 0 unspecified atom stereocenters. The Balaban J connectivity index is 1.85. The number of rotatable bonds is 8. The lowest BCUT2D eigenvalue weighted by Gasteiger charge is -2.34. The summed E-state index contributed by atoms with van der Waals surface area (Å²) in [6.45, 7) is 9.11. The zero-order valence-electron chi connectivity index (χ0n) is 16.7. The number of ether oxygens (including phenoxy) is 1. The molecular formula is C19H30N4O4. The van der Waals surface area contributed by atoms with Gasteiger partial charge in [-0.2, -0.15) is 0 Å². The SMILES string of the molecule is COCCCNC(=O)CN1CCN(C(=O)c2[nH]c(C)c(C(C)=O)c2C)CC1. The van der Waals surface area contributed by atoms with E-state index in [1.165, 1.54) is 6.92 Å². The third-order valence-corrected chi connectivity index (χ3v) is 4.88. The van der Waals surface area contributed by atoms with Gasteiger partial charge in [0.1, 0.15) is 5.69 Å². The first-order valence-electron chi connectivity index (χ1n) is 9.32. The molecule has 2 rings (SSSR count). The van der Waals surface area contributed by atoms with E-state index in [0.29, 0.717) is 62.7 Å². The average molecular weight is 378 g/mol. The molecule has 1 aliphatic heterocycles. The van der Waals surface area contributed by atoms with Gasteiger partial charge in [-0.15, -0.1) is 0 Å². The standard InChI is InChI=1S/C19H30N4O4/c1-13-17(15(3)24)14(2)21-18(13)19(26)23-9-7-22(8-10-23)12-16(25)20-6-5-11-27-4/h21H,5-12H2,1-4H3,(H,20,25). The maximum atomic E-state index is 12.8. The van der Waals surface area contributed by atoms with Gasteiger partial charge in [0.25, 0.3) is 5.91 Å². The van der Waals surface area contributed by atoms with E-state index in [-0.39, 0.29) is 17.6 Å². The molecule has 0 saturated carbocycles. The van der Waals surface area contributed by atoms with E-state index in [0.717, 1.165) is 12.1 Å². The summed E-state index contributed by atoms with van der Waals surface area (Å²) in [5.74, 6) is -0.138. The molecule has 0 bridgehead atoms. The fraction of sp³-hybridized carbons (Fsp3) is 0.632. The summed E-state index contributed by atoms with van der Waals surface area (Å²) in [6, 6.07) is 0. The minimum absolute atomic E-state index is 0.00665. The second-order valence-electron chi connectivity index (χ2n) is 6.95. The molecule has 0 spiro atoms. The van der Waals surface area contributed by atoms with Crippen LogP contribution in [0.1, 0.15) is 45.4 Å². The van der Waals surface area contributed by atoms with Crippen LogP contribution in [0.4, 0.5) is 0 Å². The third-order valence-electron chi connectivity index (χ3n) is 4.88. The Hall–Kier alpha value is -2.19. The van der Waals surface area contributed by atoms with Gasteiger partial charge in [-0.3, -0.25) is 19.3 Å². The lowest BCUT2D eigenvalue weighted by atomic mass is 10.1. The van der Waals surface area contributed by atoms with Crippen LogP contribution in [0.2, 0.25) is 0 Å². The monoisotopic (exact) mass is 378 g/mol. The van der Waals surface area contributed by atoms with Gasteiger partial charge in [0.15, 0.2) is 5.78 Å². The Morgan fingerprint density at radius 2 is 1.81 bits per heavy atom. The van der Waals surface area contributed by atoms with Crippen molar-refractivity contribution in [2.75, 3.05) is 53.0 Å². The molecule has 150 valence electrons.